The zero-order valence-electron chi connectivity index (χ0n) is 28.5. The minimum absolute atomic E-state index is 0.176. The molecular formula is C39H48N4O4S. The molecule has 1 saturated heterocycles. The van der Waals surface area contributed by atoms with E-state index in [1.807, 2.05) is 54.0 Å². The van der Waals surface area contributed by atoms with Crippen LogP contribution >= 0.6 is 0 Å². The number of unbranched alkanes of at least 4 members (excludes halogenated alkanes) is 1. The number of nitrogens with one attached hydrogen (secondary N) is 1. The number of hydrogen-bond acceptors (Lipinski definition) is 6. The molecule has 3 aromatic carbocycles. The quantitative estimate of drug-likeness (QED) is 0.0904. The molecule has 1 aliphatic rings. The fourth-order valence-electron chi connectivity index (χ4n) is 5.75. The number of rotatable bonds is 17. The number of nitrogens with zero attached hydrogens (tertiary/aromatic N) is 3. The number of anilines is 2. The van der Waals surface area contributed by atoms with Gasteiger partial charge in [-0.25, -0.2) is 4.98 Å². The summed E-state index contributed by atoms with van der Waals surface area (Å²) >= 11 is 0. The lowest BCUT2D eigenvalue weighted by molar-refractivity contribution is -0.112. The van der Waals surface area contributed by atoms with Crippen molar-refractivity contribution in [1.29, 1.82) is 0 Å². The van der Waals surface area contributed by atoms with E-state index in [9.17, 15) is 9.00 Å². The van der Waals surface area contributed by atoms with Crippen LogP contribution in [0.25, 0.3) is 17.2 Å². The molecule has 1 N–H and O–H groups in total. The lowest BCUT2D eigenvalue weighted by atomic mass is 9.99. The van der Waals surface area contributed by atoms with Gasteiger partial charge in [0.2, 0.25) is 0 Å². The van der Waals surface area contributed by atoms with Crippen molar-refractivity contribution in [1.82, 2.24) is 9.55 Å². The van der Waals surface area contributed by atoms with Gasteiger partial charge < -0.3 is 24.3 Å². The highest BCUT2D eigenvalue weighted by atomic mass is 32.2. The van der Waals surface area contributed by atoms with E-state index in [4.69, 9.17) is 9.47 Å². The smallest absolute Gasteiger partial charge is 0.251 e. The predicted octanol–water partition coefficient (Wildman–Crippen LogP) is 8.11. The Morgan fingerprint density at radius 3 is 2.42 bits per heavy atom. The highest BCUT2D eigenvalue weighted by molar-refractivity contribution is 7.84. The van der Waals surface area contributed by atoms with Gasteiger partial charge in [0.25, 0.3) is 5.91 Å². The van der Waals surface area contributed by atoms with Crippen molar-refractivity contribution < 1.29 is 18.5 Å². The Hall–Kier alpha value is -4.21. The van der Waals surface area contributed by atoms with E-state index in [1.54, 1.807) is 12.5 Å². The molecule has 0 unspecified atom stereocenters. The monoisotopic (exact) mass is 668 g/mol. The van der Waals surface area contributed by atoms with Gasteiger partial charge in [0.05, 0.1) is 35.2 Å². The molecule has 1 aliphatic heterocycles. The minimum Gasteiger partial charge on any atom is -0.491 e. The van der Waals surface area contributed by atoms with Crippen molar-refractivity contribution in [2.45, 2.75) is 70.1 Å². The molecule has 0 bridgehead atoms. The molecule has 8 nitrogen and oxygen atoms in total. The van der Waals surface area contributed by atoms with Gasteiger partial charge in [0, 0.05) is 54.3 Å². The van der Waals surface area contributed by atoms with Crippen molar-refractivity contribution in [3.05, 3.63) is 96.1 Å². The highest BCUT2D eigenvalue weighted by Gasteiger charge is 2.17. The molecule has 254 valence electrons. The largest absolute Gasteiger partial charge is 0.491 e. The van der Waals surface area contributed by atoms with E-state index < -0.39 is 10.8 Å². The lowest BCUT2D eigenvalue weighted by Crippen LogP contribution is -2.19. The van der Waals surface area contributed by atoms with Crippen LogP contribution in [0.15, 0.2) is 89.7 Å². The average molecular weight is 669 g/mol. The van der Waals surface area contributed by atoms with Crippen LogP contribution in [0.2, 0.25) is 0 Å². The number of ether oxygens (including phenoxy) is 2. The minimum atomic E-state index is -1.21. The second kappa shape index (κ2) is 17.8. The normalized spacial score (nSPS) is 13.9. The van der Waals surface area contributed by atoms with Gasteiger partial charge in [0.15, 0.2) is 0 Å². The third kappa shape index (κ3) is 9.67. The molecule has 4 aromatic rings. The second-order valence-electron chi connectivity index (χ2n) is 12.2. The van der Waals surface area contributed by atoms with Crippen LogP contribution < -0.4 is 15.0 Å². The topological polar surface area (TPSA) is 85.7 Å². The van der Waals surface area contributed by atoms with Gasteiger partial charge in [-0.05, 0) is 104 Å². The van der Waals surface area contributed by atoms with Gasteiger partial charge in [0.1, 0.15) is 12.4 Å². The van der Waals surface area contributed by atoms with Crippen molar-refractivity contribution in [3.8, 4) is 16.9 Å². The molecule has 2 heterocycles. The molecule has 1 fully saturated rings. The maximum atomic E-state index is 13.3. The number of carbonyl (C=O) groups is 1. The molecule has 5 rings (SSSR count). The van der Waals surface area contributed by atoms with Gasteiger partial charge in [-0.15, -0.1) is 0 Å². The number of amides is 1. The lowest BCUT2D eigenvalue weighted by Gasteiger charge is -2.21. The predicted molar refractivity (Wildman–Crippen MR) is 196 cm³/mol. The summed E-state index contributed by atoms with van der Waals surface area (Å²) in [5.74, 6) is 1.04. The maximum absolute atomic E-state index is 13.3. The van der Waals surface area contributed by atoms with Crippen LogP contribution in [0.4, 0.5) is 11.4 Å². The standard InChI is InChI=1S/C39H48N4O4S/c1-4-6-22-46-23-24-47-36-14-9-31(10-15-36)32-11-18-38(42-20-7-8-21-42)33(26-32)25-30(3)39(44)41-34-12-16-37(17-13-34)48(45)28-35-27-40-29-43(35)19-5-2/h9-18,25-27,29H,4-8,19-24,28H2,1-3H3,(H,41,44)/t48-/m0/s1. The van der Waals surface area contributed by atoms with E-state index in [2.05, 4.69) is 59.4 Å². The molecule has 0 spiro atoms. The molecule has 0 radical (unpaired) electrons. The van der Waals surface area contributed by atoms with E-state index >= 15 is 0 Å². The first kappa shape index (κ1) is 35.1. The van der Waals surface area contributed by atoms with Crippen molar-refractivity contribution in [3.63, 3.8) is 0 Å². The summed E-state index contributed by atoms with van der Waals surface area (Å²) in [4.78, 5) is 20.7. The number of imidazole rings is 1. The fraction of sp³-hybridized carbons (Fsp3) is 0.385. The Kier molecular flexibility index (Phi) is 13.0. The molecule has 1 atom stereocenters. The summed E-state index contributed by atoms with van der Waals surface area (Å²) in [7, 11) is -1.21. The zero-order chi connectivity index (χ0) is 33.7. The van der Waals surface area contributed by atoms with Gasteiger partial charge in [-0.2, -0.15) is 0 Å². The SMILES string of the molecule is CCCCOCCOc1ccc(-c2ccc(N3CCCC3)c(C=C(C)C(=O)Nc3ccc([S@@](=O)Cc4cncn4CCC)cc3)c2)cc1. The number of carbonyl (C=O) groups excluding carboxylic acids is 1. The third-order valence-electron chi connectivity index (χ3n) is 8.45. The zero-order valence-corrected chi connectivity index (χ0v) is 29.3. The Labute approximate surface area is 287 Å². The van der Waals surface area contributed by atoms with Gasteiger partial charge in [-0.1, -0.05) is 38.5 Å². The van der Waals surface area contributed by atoms with Crippen LogP contribution in [0, 0.1) is 0 Å². The summed E-state index contributed by atoms with van der Waals surface area (Å²) < 4.78 is 26.6. The number of benzene rings is 3. The first-order chi connectivity index (χ1) is 23.4. The summed E-state index contributed by atoms with van der Waals surface area (Å²) in [6.45, 7) is 10.9. The van der Waals surface area contributed by atoms with Crippen molar-refractivity contribution in [2.24, 2.45) is 0 Å². The van der Waals surface area contributed by atoms with Crippen LogP contribution in [0.1, 0.15) is 64.1 Å². The summed E-state index contributed by atoms with van der Waals surface area (Å²) in [5.41, 5.74) is 6.53. The molecular weight excluding hydrogens is 621 g/mol. The molecule has 0 aliphatic carbocycles. The van der Waals surface area contributed by atoms with Crippen molar-refractivity contribution in [2.75, 3.05) is 43.1 Å². The van der Waals surface area contributed by atoms with E-state index in [0.29, 0.717) is 35.1 Å². The van der Waals surface area contributed by atoms with E-state index in [-0.39, 0.29) is 5.91 Å². The first-order valence-electron chi connectivity index (χ1n) is 17.1. The third-order valence-corrected chi connectivity index (χ3v) is 9.80. The fourth-order valence-corrected chi connectivity index (χ4v) is 6.87. The Bertz CT molecular complexity index is 1680. The summed E-state index contributed by atoms with van der Waals surface area (Å²) in [5, 5.41) is 3.02. The molecule has 1 aromatic heterocycles. The Morgan fingerprint density at radius 2 is 1.69 bits per heavy atom. The second-order valence-corrected chi connectivity index (χ2v) is 13.6. The van der Waals surface area contributed by atoms with Gasteiger partial charge >= 0.3 is 0 Å². The van der Waals surface area contributed by atoms with Crippen LogP contribution in [-0.2, 0) is 32.6 Å². The summed E-state index contributed by atoms with van der Waals surface area (Å²) in [6, 6.07) is 21.9. The highest BCUT2D eigenvalue weighted by Crippen LogP contribution is 2.32. The Balaban J connectivity index is 1.25. The molecule has 9 heteroatoms. The van der Waals surface area contributed by atoms with Gasteiger partial charge in [-0.3, -0.25) is 9.00 Å². The van der Waals surface area contributed by atoms with Crippen LogP contribution in [0.3, 0.4) is 0 Å². The van der Waals surface area contributed by atoms with E-state index in [0.717, 1.165) is 79.3 Å². The average Bonchev–Trinajstić information content (AvgIpc) is 3.80. The number of aryl methyl sites for hydroxylation is 1. The molecule has 48 heavy (non-hydrogen) atoms. The van der Waals surface area contributed by atoms with Crippen molar-refractivity contribution >= 4 is 34.2 Å². The number of hydrogen-bond donors (Lipinski definition) is 1. The number of aromatic nitrogens is 2. The first-order valence-corrected chi connectivity index (χ1v) is 18.4. The molecule has 0 saturated carbocycles. The maximum Gasteiger partial charge on any atom is 0.251 e. The van der Waals surface area contributed by atoms with Crippen LogP contribution in [0.5, 0.6) is 5.75 Å². The van der Waals surface area contributed by atoms with E-state index in [1.165, 1.54) is 12.8 Å². The molecule has 1 amide bonds. The summed E-state index contributed by atoms with van der Waals surface area (Å²) in [6.07, 6.45) is 11.1. The Morgan fingerprint density at radius 1 is 0.938 bits per heavy atom. The van der Waals surface area contributed by atoms with Crippen LogP contribution in [-0.4, -0.2) is 52.6 Å².